The van der Waals surface area contributed by atoms with Crippen molar-refractivity contribution in [2.75, 3.05) is 17.5 Å². The zero-order valence-electron chi connectivity index (χ0n) is 23.4. The number of rotatable bonds is 12. The fraction of sp³-hybridized carbons (Fsp3) is 0.333. The molecular formula is C30H36FN3O5S. The summed E-state index contributed by atoms with van der Waals surface area (Å²) in [5, 5.41) is 2.83. The molecule has 8 nitrogen and oxygen atoms in total. The monoisotopic (exact) mass is 569 g/mol. The van der Waals surface area contributed by atoms with E-state index in [0.717, 1.165) is 39.7 Å². The first-order chi connectivity index (χ1) is 18.9. The summed E-state index contributed by atoms with van der Waals surface area (Å²) in [6.45, 7) is 8.95. The van der Waals surface area contributed by atoms with Gasteiger partial charge < -0.3 is 15.0 Å². The molecule has 0 spiro atoms. The molecule has 0 heterocycles. The summed E-state index contributed by atoms with van der Waals surface area (Å²) in [5.74, 6) is -0.980. The fourth-order valence-corrected chi connectivity index (χ4v) is 5.55. The van der Waals surface area contributed by atoms with Crippen molar-refractivity contribution in [3.8, 4) is 5.75 Å². The van der Waals surface area contributed by atoms with Gasteiger partial charge in [-0.2, -0.15) is 0 Å². The second-order valence-electron chi connectivity index (χ2n) is 9.74. The lowest BCUT2D eigenvalue weighted by Gasteiger charge is -2.32. The summed E-state index contributed by atoms with van der Waals surface area (Å²) in [4.78, 5) is 28.1. The highest BCUT2D eigenvalue weighted by Gasteiger charge is 2.32. The van der Waals surface area contributed by atoms with E-state index in [-0.39, 0.29) is 29.1 Å². The van der Waals surface area contributed by atoms with E-state index in [9.17, 15) is 22.4 Å². The third-order valence-corrected chi connectivity index (χ3v) is 7.94. The molecule has 10 heteroatoms. The molecule has 0 bridgehead atoms. The van der Waals surface area contributed by atoms with Crippen LogP contribution in [-0.4, -0.2) is 50.4 Å². The first-order valence-electron chi connectivity index (χ1n) is 13.1. The third-order valence-electron chi connectivity index (χ3n) is 6.15. The number of halogens is 1. The van der Waals surface area contributed by atoms with E-state index in [2.05, 4.69) is 5.32 Å². The van der Waals surface area contributed by atoms with Crippen LogP contribution in [0.3, 0.4) is 0 Å². The van der Waals surface area contributed by atoms with Gasteiger partial charge in [0.2, 0.25) is 11.8 Å². The largest absolute Gasteiger partial charge is 0.494 e. The molecule has 1 N–H and O–H groups in total. The number of hydrogen-bond donors (Lipinski definition) is 1. The van der Waals surface area contributed by atoms with Crippen LogP contribution in [0.2, 0.25) is 0 Å². The molecular weight excluding hydrogens is 533 g/mol. The number of nitrogens with one attached hydrogen (secondary N) is 1. The Hall–Kier alpha value is -3.92. The lowest BCUT2D eigenvalue weighted by molar-refractivity contribution is -0.139. The molecule has 0 fully saturated rings. The van der Waals surface area contributed by atoms with Crippen LogP contribution < -0.4 is 14.4 Å². The number of carbonyl (C=O) groups is 2. The smallest absolute Gasteiger partial charge is 0.264 e. The number of nitrogens with zero attached hydrogens (tertiary/aromatic N) is 2. The summed E-state index contributed by atoms with van der Waals surface area (Å²) in [6.07, 6.45) is 0. The van der Waals surface area contributed by atoms with Gasteiger partial charge in [-0.25, -0.2) is 12.8 Å². The number of carbonyl (C=O) groups excluding carboxylic acids is 2. The summed E-state index contributed by atoms with van der Waals surface area (Å²) >= 11 is 0. The minimum atomic E-state index is -4.29. The minimum absolute atomic E-state index is 0.0981. The first kappa shape index (κ1) is 30.6. The number of aryl methyl sites for hydroxylation is 1. The quantitative estimate of drug-likeness (QED) is 0.342. The number of sulfonamides is 1. The van der Waals surface area contributed by atoms with Gasteiger partial charge in [0.25, 0.3) is 10.0 Å². The normalized spacial score (nSPS) is 12.1. The number of benzene rings is 3. The molecule has 0 saturated carbocycles. The second-order valence-corrected chi connectivity index (χ2v) is 11.6. The number of hydrogen-bond acceptors (Lipinski definition) is 5. The van der Waals surface area contributed by atoms with Gasteiger partial charge in [-0.1, -0.05) is 29.8 Å². The van der Waals surface area contributed by atoms with Gasteiger partial charge in [0.05, 0.1) is 17.2 Å². The molecule has 0 aliphatic heterocycles. The SMILES string of the molecule is CCOc1ccc(N(CC(=O)N(Cc2cccc(C)c2)C(C)C(=O)NC(C)C)S(=O)(=O)c2ccc(F)cc2)cc1. The predicted octanol–water partition coefficient (Wildman–Crippen LogP) is 4.67. The van der Waals surface area contributed by atoms with Crippen molar-refractivity contribution >= 4 is 27.5 Å². The van der Waals surface area contributed by atoms with Gasteiger partial charge in [-0.3, -0.25) is 13.9 Å². The lowest BCUT2D eigenvalue weighted by atomic mass is 10.1. The molecule has 214 valence electrons. The van der Waals surface area contributed by atoms with Crippen molar-refractivity contribution in [2.24, 2.45) is 0 Å². The van der Waals surface area contributed by atoms with Crippen molar-refractivity contribution in [3.63, 3.8) is 0 Å². The van der Waals surface area contributed by atoms with E-state index in [4.69, 9.17) is 4.74 Å². The van der Waals surface area contributed by atoms with Gasteiger partial charge in [0, 0.05) is 12.6 Å². The summed E-state index contributed by atoms with van der Waals surface area (Å²) in [7, 11) is -4.29. The predicted molar refractivity (Wildman–Crippen MR) is 153 cm³/mol. The molecule has 3 rings (SSSR count). The molecule has 0 aliphatic carbocycles. The van der Waals surface area contributed by atoms with Crippen LogP contribution in [0.15, 0.2) is 77.7 Å². The van der Waals surface area contributed by atoms with Crippen molar-refractivity contribution < 1.29 is 27.1 Å². The standard InChI is InChI=1S/C30H36FN3O5S/c1-6-39-27-14-12-26(13-15-27)34(40(37,38)28-16-10-25(31)11-17-28)20-29(35)33(23(5)30(36)32-21(2)3)19-24-9-7-8-22(4)18-24/h7-18,21,23H,6,19-20H2,1-5H3,(H,32,36). The Morgan fingerprint density at radius 1 is 0.975 bits per heavy atom. The van der Waals surface area contributed by atoms with Crippen molar-refractivity contribution in [2.45, 2.75) is 58.1 Å². The van der Waals surface area contributed by atoms with Gasteiger partial charge in [-0.05, 0) is 88.7 Å². The lowest BCUT2D eigenvalue weighted by Crippen LogP contribution is -2.52. The Bertz CT molecular complexity index is 1410. The minimum Gasteiger partial charge on any atom is -0.494 e. The van der Waals surface area contributed by atoms with Crippen LogP contribution in [0.25, 0.3) is 0 Å². The maximum atomic E-state index is 13.9. The number of anilines is 1. The zero-order chi connectivity index (χ0) is 29.4. The van der Waals surface area contributed by atoms with E-state index in [1.54, 1.807) is 31.2 Å². The molecule has 0 aliphatic rings. The molecule has 0 saturated heterocycles. The molecule has 3 aromatic rings. The second kappa shape index (κ2) is 13.4. The summed E-state index contributed by atoms with van der Waals surface area (Å²) < 4.78 is 47.6. The molecule has 0 radical (unpaired) electrons. The van der Waals surface area contributed by atoms with Crippen LogP contribution in [0, 0.1) is 12.7 Å². The average molecular weight is 570 g/mol. The van der Waals surface area contributed by atoms with Crippen LogP contribution >= 0.6 is 0 Å². The van der Waals surface area contributed by atoms with Gasteiger partial charge in [0.1, 0.15) is 24.2 Å². The maximum Gasteiger partial charge on any atom is 0.264 e. The number of amides is 2. The zero-order valence-corrected chi connectivity index (χ0v) is 24.2. The van der Waals surface area contributed by atoms with Crippen molar-refractivity contribution in [3.05, 3.63) is 89.7 Å². The van der Waals surface area contributed by atoms with E-state index in [1.165, 1.54) is 4.90 Å². The van der Waals surface area contributed by atoms with Gasteiger partial charge in [-0.15, -0.1) is 0 Å². The van der Waals surface area contributed by atoms with Gasteiger partial charge in [0.15, 0.2) is 0 Å². The first-order valence-corrected chi connectivity index (χ1v) is 14.5. The average Bonchev–Trinajstić information content (AvgIpc) is 2.90. The van der Waals surface area contributed by atoms with Crippen molar-refractivity contribution in [1.29, 1.82) is 0 Å². The Balaban J connectivity index is 2.03. The Morgan fingerprint density at radius 3 is 2.20 bits per heavy atom. The van der Waals surface area contributed by atoms with Crippen LogP contribution in [0.4, 0.5) is 10.1 Å². The highest BCUT2D eigenvalue weighted by Crippen LogP contribution is 2.27. The van der Waals surface area contributed by atoms with E-state index in [0.29, 0.717) is 12.4 Å². The maximum absolute atomic E-state index is 13.9. The number of ether oxygens (including phenoxy) is 1. The van der Waals surface area contributed by atoms with E-state index >= 15 is 0 Å². The molecule has 1 atom stereocenters. The molecule has 0 aromatic heterocycles. The summed E-state index contributed by atoms with van der Waals surface area (Å²) in [5.41, 5.74) is 2.00. The highest BCUT2D eigenvalue weighted by molar-refractivity contribution is 7.92. The molecule has 3 aromatic carbocycles. The molecule has 1 unspecified atom stereocenters. The van der Waals surface area contributed by atoms with Crippen molar-refractivity contribution in [1.82, 2.24) is 10.2 Å². The van der Waals surface area contributed by atoms with Gasteiger partial charge >= 0.3 is 0 Å². The van der Waals surface area contributed by atoms with E-state index < -0.39 is 34.3 Å². The van der Waals surface area contributed by atoms with E-state index in [1.807, 2.05) is 52.0 Å². The van der Waals surface area contributed by atoms with Crippen LogP contribution in [-0.2, 0) is 26.2 Å². The fourth-order valence-electron chi connectivity index (χ4n) is 4.13. The highest BCUT2D eigenvalue weighted by atomic mass is 32.2. The Labute approximate surface area is 235 Å². The van der Waals surface area contributed by atoms with Crippen LogP contribution in [0.5, 0.6) is 5.75 Å². The Morgan fingerprint density at radius 2 is 1.62 bits per heavy atom. The Kier molecular flexibility index (Phi) is 10.3. The molecule has 2 amide bonds. The van der Waals surface area contributed by atoms with Crippen LogP contribution in [0.1, 0.15) is 38.8 Å². The topological polar surface area (TPSA) is 96.0 Å². The molecule has 40 heavy (non-hydrogen) atoms. The summed E-state index contributed by atoms with van der Waals surface area (Å²) in [6, 6.07) is 17.2. The third kappa shape index (κ3) is 7.81.